The molecule has 0 aliphatic carbocycles. The highest BCUT2D eigenvalue weighted by molar-refractivity contribution is 7.89. The van der Waals surface area contributed by atoms with Crippen LogP contribution in [0.4, 0.5) is 28.9 Å². The molecule has 0 spiro atoms. The van der Waals surface area contributed by atoms with Crippen molar-refractivity contribution in [3.63, 3.8) is 0 Å². The number of rotatable bonds is 4. The Labute approximate surface area is 205 Å². The van der Waals surface area contributed by atoms with E-state index in [-0.39, 0.29) is 41.9 Å². The third kappa shape index (κ3) is 4.11. The van der Waals surface area contributed by atoms with E-state index in [1.807, 2.05) is 0 Å². The van der Waals surface area contributed by atoms with Gasteiger partial charge in [-0.05, 0) is 66.9 Å². The molecule has 0 saturated carbocycles. The number of halogens is 4. The van der Waals surface area contributed by atoms with Gasteiger partial charge in [0.1, 0.15) is 28.2 Å². The summed E-state index contributed by atoms with van der Waals surface area (Å²) in [5.74, 6) is -3.72. The zero-order valence-corrected chi connectivity index (χ0v) is 19.8. The second kappa shape index (κ2) is 8.59. The lowest BCUT2D eigenvalue weighted by atomic mass is 9.96. The summed E-state index contributed by atoms with van der Waals surface area (Å²) < 4.78 is 80.2. The van der Waals surface area contributed by atoms with Crippen LogP contribution in [-0.2, 0) is 21.2 Å². The highest BCUT2D eigenvalue weighted by Crippen LogP contribution is 2.38. The van der Waals surface area contributed by atoms with Crippen molar-refractivity contribution in [1.82, 2.24) is 0 Å². The van der Waals surface area contributed by atoms with Crippen LogP contribution >= 0.6 is 0 Å². The summed E-state index contributed by atoms with van der Waals surface area (Å²) in [6.07, 6.45) is 0.353. The molecule has 2 aliphatic heterocycles. The number of amides is 1. The molecule has 0 unspecified atom stereocenters. The first kappa shape index (κ1) is 24.3. The monoisotopic (exact) mass is 519 g/mol. The molecule has 11 heteroatoms. The molecule has 1 amide bonds. The zero-order valence-electron chi connectivity index (χ0n) is 19.0. The molecule has 0 aromatic heterocycles. The van der Waals surface area contributed by atoms with Crippen molar-refractivity contribution in [2.24, 2.45) is 11.1 Å². The Morgan fingerprint density at radius 1 is 0.917 bits per heavy atom. The van der Waals surface area contributed by atoms with Gasteiger partial charge in [0.25, 0.3) is 0 Å². The van der Waals surface area contributed by atoms with E-state index in [1.54, 1.807) is 11.8 Å². The fraction of sp³-hybridized carbons (Fsp3) is 0.240. The molecule has 2 aliphatic rings. The average molecular weight is 520 g/mol. The standard InChI is InChI=1S/C25H21F4N3O3S/c1-13-6-15-8-21(29)24(36(30,34)35)10-23(15)32(13)25(33)16-11-31(12-16)22-5-2-14(7-20(22)28)18-9-17(26)3-4-19(18)27/h2-5,7-10,13,16H,6,11-12H2,1H3,(H2,30,34,35)/t13-/m0/s1. The fourth-order valence-electron chi connectivity index (χ4n) is 4.85. The normalized spacial score (nSPS) is 17.8. The number of sulfonamides is 1. The van der Waals surface area contributed by atoms with E-state index >= 15 is 0 Å². The van der Waals surface area contributed by atoms with Gasteiger partial charge in [-0.15, -0.1) is 0 Å². The van der Waals surface area contributed by atoms with Crippen LogP contribution in [0.1, 0.15) is 12.5 Å². The van der Waals surface area contributed by atoms with Gasteiger partial charge < -0.3 is 9.80 Å². The van der Waals surface area contributed by atoms with E-state index in [1.165, 1.54) is 17.0 Å². The first-order valence-electron chi connectivity index (χ1n) is 11.1. The van der Waals surface area contributed by atoms with Gasteiger partial charge >= 0.3 is 0 Å². The van der Waals surface area contributed by atoms with Crippen LogP contribution in [0.5, 0.6) is 0 Å². The molecule has 1 atom stereocenters. The molecular weight excluding hydrogens is 498 g/mol. The zero-order chi connectivity index (χ0) is 25.9. The minimum atomic E-state index is -4.32. The molecule has 3 aromatic rings. The molecule has 3 aromatic carbocycles. The number of carbonyl (C=O) groups excluding carboxylic acids is 1. The average Bonchev–Trinajstić information content (AvgIpc) is 3.08. The Kier molecular flexibility index (Phi) is 5.79. The van der Waals surface area contributed by atoms with Crippen LogP contribution in [-0.4, -0.2) is 33.5 Å². The first-order chi connectivity index (χ1) is 16.9. The van der Waals surface area contributed by atoms with Crippen molar-refractivity contribution in [3.8, 4) is 11.1 Å². The Hall–Kier alpha value is -3.44. The maximum Gasteiger partial charge on any atom is 0.241 e. The minimum absolute atomic E-state index is 0.0610. The molecule has 1 fully saturated rings. The topological polar surface area (TPSA) is 83.7 Å². The molecular formula is C25H21F4N3O3S. The first-order valence-corrected chi connectivity index (χ1v) is 12.7. The van der Waals surface area contributed by atoms with E-state index in [0.29, 0.717) is 17.7 Å². The summed E-state index contributed by atoms with van der Waals surface area (Å²) >= 11 is 0. The largest absolute Gasteiger partial charge is 0.367 e. The summed E-state index contributed by atoms with van der Waals surface area (Å²) in [4.78, 5) is 15.7. The lowest BCUT2D eigenvalue weighted by Gasteiger charge is -2.42. The summed E-state index contributed by atoms with van der Waals surface area (Å²) in [6, 6.07) is 8.83. The lowest BCUT2D eigenvalue weighted by molar-refractivity contribution is -0.123. The molecule has 2 N–H and O–H groups in total. The molecule has 0 bridgehead atoms. The quantitative estimate of drug-likeness (QED) is 0.529. The Morgan fingerprint density at radius 2 is 1.64 bits per heavy atom. The number of primary sulfonamides is 1. The summed E-state index contributed by atoms with van der Waals surface area (Å²) in [5.41, 5.74) is 1.14. The summed E-state index contributed by atoms with van der Waals surface area (Å²) in [5, 5.41) is 5.11. The van der Waals surface area contributed by atoms with E-state index < -0.39 is 44.1 Å². The maximum absolute atomic E-state index is 14.9. The molecule has 5 rings (SSSR count). The van der Waals surface area contributed by atoms with Gasteiger partial charge in [-0.2, -0.15) is 0 Å². The second-order valence-electron chi connectivity index (χ2n) is 9.11. The van der Waals surface area contributed by atoms with Crippen molar-refractivity contribution in [2.75, 3.05) is 22.9 Å². The number of nitrogens with two attached hydrogens (primary N) is 1. The van der Waals surface area contributed by atoms with E-state index in [9.17, 15) is 30.8 Å². The molecule has 6 nitrogen and oxygen atoms in total. The van der Waals surface area contributed by atoms with Crippen LogP contribution in [0, 0.1) is 29.2 Å². The van der Waals surface area contributed by atoms with Gasteiger partial charge in [-0.3, -0.25) is 4.79 Å². The van der Waals surface area contributed by atoms with Gasteiger partial charge in [0.05, 0.1) is 11.6 Å². The highest BCUT2D eigenvalue weighted by Gasteiger charge is 2.41. The second-order valence-corrected chi connectivity index (χ2v) is 10.6. The maximum atomic E-state index is 14.9. The third-order valence-corrected chi connectivity index (χ3v) is 7.58. The van der Waals surface area contributed by atoms with Gasteiger partial charge in [-0.25, -0.2) is 31.1 Å². The number of hydrogen-bond acceptors (Lipinski definition) is 4. The number of hydrogen-bond donors (Lipinski definition) is 1. The molecule has 2 heterocycles. The van der Waals surface area contributed by atoms with Crippen LogP contribution in [0.25, 0.3) is 11.1 Å². The molecule has 36 heavy (non-hydrogen) atoms. The molecule has 1 saturated heterocycles. The number of anilines is 2. The molecule has 0 radical (unpaired) electrons. The van der Waals surface area contributed by atoms with Crippen LogP contribution in [0.3, 0.4) is 0 Å². The van der Waals surface area contributed by atoms with Gasteiger partial charge in [0, 0.05) is 30.4 Å². The van der Waals surface area contributed by atoms with E-state index in [2.05, 4.69) is 0 Å². The predicted molar refractivity (Wildman–Crippen MR) is 126 cm³/mol. The van der Waals surface area contributed by atoms with E-state index in [4.69, 9.17) is 5.14 Å². The van der Waals surface area contributed by atoms with Crippen LogP contribution in [0.15, 0.2) is 53.4 Å². The van der Waals surface area contributed by atoms with Gasteiger partial charge in [0.2, 0.25) is 15.9 Å². The third-order valence-electron chi connectivity index (χ3n) is 6.65. The van der Waals surface area contributed by atoms with Crippen LogP contribution < -0.4 is 14.9 Å². The number of carbonyl (C=O) groups is 1. The van der Waals surface area contributed by atoms with Crippen molar-refractivity contribution in [3.05, 3.63) is 77.4 Å². The Bertz CT molecular complexity index is 1510. The highest BCUT2D eigenvalue weighted by atomic mass is 32.2. The minimum Gasteiger partial charge on any atom is -0.367 e. The van der Waals surface area contributed by atoms with Crippen molar-refractivity contribution >= 4 is 27.3 Å². The SMILES string of the molecule is C[C@H]1Cc2cc(F)c(S(N)(=O)=O)cc2N1C(=O)C1CN(c2ccc(-c3cc(F)ccc3F)cc2F)C1. The van der Waals surface area contributed by atoms with Gasteiger partial charge in [0.15, 0.2) is 0 Å². The summed E-state index contributed by atoms with van der Waals surface area (Å²) in [6.45, 7) is 2.17. The summed E-state index contributed by atoms with van der Waals surface area (Å²) in [7, 11) is -4.32. The Morgan fingerprint density at radius 3 is 2.31 bits per heavy atom. The van der Waals surface area contributed by atoms with Crippen molar-refractivity contribution < 1.29 is 30.8 Å². The Balaban J connectivity index is 1.34. The van der Waals surface area contributed by atoms with Crippen LogP contribution in [0.2, 0.25) is 0 Å². The fourth-order valence-corrected chi connectivity index (χ4v) is 5.46. The molecule has 188 valence electrons. The van der Waals surface area contributed by atoms with E-state index in [0.717, 1.165) is 36.4 Å². The number of fused-ring (bicyclic) bond motifs is 1. The number of nitrogens with zero attached hydrogens (tertiary/aromatic N) is 2. The lowest BCUT2D eigenvalue weighted by Crippen LogP contribution is -2.56. The predicted octanol–water partition coefficient (Wildman–Crippen LogP) is 3.97. The smallest absolute Gasteiger partial charge is 0.241 e. The number of benzene rings is 3. The van der Waals surface area contributed by atoms with Crippen molar-refractivity contribution in [1.29, 1.82) is 0 Å². The van der Waals surface area contributed by atoms with Crippen molar-refractivity contribution in [2.45, 2.75) is 24.3 Å². The van der Waals surface area contributed by atoms with Gasteiger partial charge in [-0.1, -0.05) is 6.07 Å².